The molecule has 10 aromatic heterocycles. The summed E-state index contributed by atoms with van der Waals surface area (Å²) in [6.45, 7) is 15.9. The van der Waals surface area contributed by atoms with Crippen LogP contribution in [0.3, 0.4) is 0 Å². The Hall–Kier alpha value is -9.11. The summed E-state index contributed by atoms with van der Waals surface area (Å²) in [5, 5.41) is 8.41. The standard InChI is InChI=1S/C11H10N2.2C9H9N3.C7H7NO2.C7H9N.C6H7NO.C6H7N/c1-9-5-6-11(13-8-9)10-4-2-3-7-12-10;1-7-2-3-8(11-4-7)9-5-10-6-12-9;1-7-2-3-8(12-6-7)9-10-4-5-11-9;1-5-2-3-6(7(9)10)8-4-5;1-6-3-4-7(2)8-5-6;1-5-2-3-6(8)7-4-5;1-6-3-2-4-7-5-6/h2-8H,1H3;2-6H,1H3,(H,10,12);2-6H,1H3,(H,10,11);2-4H,1H3,(H,9,10);3-5H,1-2H3;2-4H,1H3,(H,7,8);2-5H,1H3. The van der Waals surface area contributed by atoms with Crippen LogP contribution in [0.25, 0.3) is 34.3 Å². The van der Waals surface area contributed by atoms with Crippen molar-refractivity contribution in [2.24, 2.45) is 0 Å². The largest absolute Gasteiger partial charge is 0.477 e. The lowest BCUT2D eigenvalue weighted by molar-refractivity contribution is 0.0690. The molecule has 0 spiro atoms. The molecule has 10 rings (SSSR count). The maximum atomic E-state index is 10.4. The van der Waals surface area contributed by atoms with Gasteiger partial charge < -0.3 is 20.1 Å². The Morgan fingerprint density at radius 1 is 0.429 bits per heavy atom. The van der Waals surface area contributed by atoms with Crippen LogP contribution in [0.1, 0.15) is 55.1 Å². The van der Waals surface area contributed by atoms with E-state index >= 15 is 0 Å². The molecule has 0 fully saturated rings. The van der Waals surface area contributed by atoms with Crippen molar-refractivity contribution >= 4 is 5.97 Å². The third-order valence-electron chi connectivity index (χ3n) is 9.12. The highest BCUT2D eigenvalue weighted by Gasteiger charge is 2.02. The maximum absolute atomic E-state index is 10.4. The van der Waals surface area contributed by atoms with Gasteiger partial charge in [0.2, 0.25) is 5.56 Å². The Morgan fingerprint density at radius 3 is 1.40 bits per heavy atom. The van der Waals surface area contributed by atoms with Crippen molar-refractivity contribution in [3.63, 3.8) is 0 Å². The summed E-state index contributed by atoms with van der Waals surface area (Å²) in [4.78, 5) is 65.8. The van der Waals surface area contributed by atoms with Crippen LogP contribution in [0.5, 0.6) is 0 Å². The van der Waals surface area contributed by atoms with E-state index in [1.807, 2.05) is 159 Å². The van der Waals surface area contributed by atoms with Crippen molar-refractivity contribution in [2.45, 2.75) is 55.4 Å². The number of hydrogen-bond donors (Lipinski definition) is 4. The molecule has 0 aromatic carbocycles. The van der Waals surface area contributed by atoms with E-state index in [1.54, 1.807) is 55.6 Å². The van der Waals surface area contributed by atoms with Gasteiger partial charge in [-0.3, -0.25) is 34.7 Å². The number of aryl methyl sites for hydroxylation is 8. The molecule has 0 aliphatic carbocycles. The van der Waals surface area contributed by atoms with Gasteiger partial charge >= 0.3 is 5.97 Å². The first kappa shape index (κ1) is 53.5. The van der Waals surface area contributed by atoms with Crippen molar-refractivity contribution < 1.29 is 9.90 Å². The van der Waals surface area contributed by atoms with Gasteiger partial charge in [0.1, 0.15) is 11.4 Å². The molecule has 0 bridgehead atoms. The average molecular weight is 935 g/mol. The molecule has 0 saturated heterocycles. The summed E-state index contributed by atoms with van der Waals surface area (Å²) in [6.07, 6.45) is 22.9. The number of carboxylic acid groups (broad SMARTS) is 1. The van der Waals surface area contributed by atoms with E-state index in [-0.39, 0.29) is 11.3 Å². The average Bonchev–Trinajstić information content (AvgIpc) is 4.13. The summed E-state index contributed by atoms with van der Waals surface area (Å²) in [6, 6.07) is 32.3. The van der Waals surface area contributed by atoms with Gasteiger partial charge in [0, 0.05) is 79.9 Å². The molecule has 0 unspecified atom stereocenters. The predicted molar refractivity (Wildman–Crippen MR) is 276 cm³/mol. The summed E-state index contributed by atoms with van der Waals surface area (Å²) in [7, 11) is 0. The highest BCUT2D eigenvalue weighted by Crippen LogP contribution is 2.14. The van der Waals surface area contributed by atoms with Crippen LogP contribution >= 0.6 is 0 Å². The fraction of sp³-hybridized carbons (Fsp3) is 0.145. The minimum atomic E-state index is -0.986. The fourth-order valence-corrected chi connectivity index (χ4v) is 5.24. The van der Waals surface area contributed by atoms with Crippen molar-refractivity contribution in [1.82, 2.24) is 59.8 Å². The number of nitrogens with zero attached hydrogens (tertiary/aromatic N) is 9. The Kier molecular flexibility index (Phi) is 22.6. The third kappa shape index (κ3) is 21.0. The van der Waals surface area contributed by atoms with Crippen LogP contribution in [0.15, 0.2) is 189 Å². The Bertz CT molecular complexity index is 2890. The number of carbonyl (C=O) groups is 1. The zero-order valence-electron chi connectivity index (χ0n) is 40.6. The lowest BCUT2D eigenvalue weighted by Crippen LogP contribution is -2.00. The summed E-state index contributed by atoms with van der Waals surface area (Å²) in [5.74, 6) is -0.171. The van der Waals surface area contributed by atoms with Crippen molar-refractivity contribution in [2.75, 3.05) is 0 Å². The van der Waals surface area contributed by atoms with E-state index in [4.69, 9.17) is 5.11 Å². The number of aromatic amines is 3. The molecule has 0 radical (unpaired) electrons. The summed E-state index contributed by atoms with van der Waals surface area (Å²) < 4.78 is 0. The number of rotatable bonds is 4. The van der Waals surface area contributed by atoms with Crippen LogP contribution in [0, 0.1) is 55.4 Å². The molecule has 10 heterocycles. The maximum Gasteiger partial charge on any atom is 0.354 e. The number of aromatic carboxylic acids is 1. The summed E-state index contributed by atoms with van der Waals surface area (Å²) in [5.41, 5.74) is 13.7. The topological polar surface area (TPSA) is 218 Å². The molecular weight excluding hydrogens is 877 g/mol. The highest BCUT2D eigenvalue weighted by molar-refractivity contribution is 5.85. The zero-order valence-corrected chi connectivity index (χ0v) is 40.6. The highest BCUT2D eigenvalue weighted by atomic mass is 16.4. The molecule has 356 valence electrons. The number of nitrogens with one attached hydrogen (secondary N) is 3. The van der Waals surface area contributed by atoms with E-state index in [2.05, 4.69) is 65.9 Å². The van der Waals surface area contributed by atoms with E-state index in [9.17, 15) is 9.59 Å². The first-order valence-corrected chi connectivity index (χ1v) is 22.0. The van der Waals surface area contributed by atoms with Crippen molar-refractivity contribution in [3.05, 3.63) is 245 Å². The molecule has 0 aliphatic rings. The number of H-pyrrole nitrogens is 3. The van der Waals surface area contributed by atoms with E-state index in [1.165, 1.54) is 40.6 Å². The van der Waals surface area contributed by atoms with Gasteiger partial charge in [0.25, 0.3) is 0 Å². The minimum Gasteiger partial charge on any atom is -0.477 e. The lowest BCUT2D eigenvalue weighted by atomic mass is 10.2. The van der Waals surface area contributed by atoms with Crippen LogP contribution in [0.2, 0.25) is 0 Å². The van der Waals surface area contributed by atoms with E-state index < -0.39 is 5.97 Å². The van der Waals surface area contributed by atoms with Gasteiger partial charge in [-0.15, -0.1) is 0 Å². The molecule has 70 heavy (non-hydrogen) atoms. The van der Waals surface area contributed by atoms with E-state index in [0.29, 0.717) is 0 Å². The van der Waals surface area contributed by atoms with Crippen molar-refractivity contribution in [3.8, 4) is 34.3 Å². The first-order chi connectivity index (χ1) is 33.7. The predicted octanol–water partition coefficient (Wildman–Crippen LogP) is 10.9. The second-order valence-corrected chi connectivity index (χ2v) is 15.5. The number of carboxylic acids is 1. The van der Waals surface area contributed by atoms with Crippen LogP contribution in [0.4, 0.5) is 0 Å². The number of imidazole rings is 2. The number of aromatic nitrogens is 12. The molecule has 15 nitrogen and oxygen atoms in total. The van der Waals surface area contributed by atoms with Gasteiger partial charge in [-0.1, -0.05) is 48.5 Å². The van der Waals surface area contributed by atoms with Gasteiger partial charge in [0.15, 0.2) is 5.82 Å². The number of hydrogen-bond acceptors (Lipinski definition) is 11. The van der Waals surface area contributed by atoms with Gasteiger partial charge in [0.05, 0.1) is 35.3 Å². The second kappa shape index (κ2) is 29.5. The fourth-order valence-electron chi connectivity index (χ4n) is 5.24. The zero-order chi connectivity index (χ0) is 50.5. The lowest BCUT2D eigenvalue weighted by Gasteiger charge is -1.98. The van der Waals surface area contributed by atoms with Gasteiger partial charge in [-0.05, 0) is 143 Å². The molecule has 0 amide bonds. The van der Waals surface area contributed by atoms with Gasteiger partial charge in [-0.25, -0.2) is 19.7 Å². The Balaban J connectivity index is 0.000000180. The molecule has 15 heteroatoms. The normalized spacial score (nSPS) is 9.60. The Labute approximate surface area is 408 Å². The SMILES string of the molecule is Cc1ccc(-c2ccccn2)nc1.Cc1ccc(-c2cnc[nH]2)nc1.Cc1ccc(-c2ncc[nH]2)nc1.Cc1ccc(=O)[nH]c1.Cc1ccc(C(=O)O)nc1.Cc1ccc(C)nc1.Cc1cccnc1. The summed E-state index contributed by atoms with van der Waals surface area (Å²) >= 11 is 0. The molecular formula is C55H58N12O3. The molecule has 0 aliphatic heterocycles. The second-order valence-electron chi connectivity index (χ2n) is 15.5. The Morgan fingerprint density at radius 2 is 1.00 bits per heavy atom. The molecule has 0 saturated carbocycles. The quantitative estimate of drug-likeness (QED) is 0.130. The van der Waals surface area contributed by atoms with E-state index in [0.717, 1.165) is 56.7 Å². The number of pyridine rings is 8. The van der Waals surface area contributed by atoms with Crippen LogP contribution in [-0.4, -0.2) is 70.9 Å². The molecule has 10 aromatic rings. The van der Waals surface area contributed by atoms with Crippen molar-refractivity contribution in [1.29, 1.82) is 0 Å². The minimum absolute atomic E-state index is 0.0457. The smallest absolute Gasteiger partial charge is 0.354 e. The molecule has 0 atom stereocenters. The third-order valence-corrected chi connectivity index (χ3v) is 9.12. The monoisotopic (exact) mass is 934 g/mol. The van der Waals surface area contributed by atoms with Gasteiger partial charge in [-0.2, -0.15) is 0 Å². The molecule has 4 N–H and O–H groups in total. The van der Waals surface area contributed by atoms with Crippen LogP contribution in [-0.2, 0) is 0 Å². The first-order valence-electron chi connectivity index (χ1n) is 22.0. The van der Waals surface area contributed by atoms with Crippen LogP contribution < -0.4 is 5.56 Å².